The van der Waals surface area contributed by atoms with Crippen LogP contribution in [0.4, 0.5) is 17.2 Å². The van der Waals surface area contributed by atoms with Crippen LogP contribution in [-0.4, -0.2) is 23.0 Å². The van der Waals surface area contributed by atoms with Gasteiger partial charge in [-0.2, -0.15) is 0 Å². The molecule has 6 nitrogen and oxygen atoms in total. The molecule has 2 N–H and O–H groups in total. The number of hydrogen-bond donors (Lipinski definition) is 1. The molecule has 0 radical (unpaired) electrons. The highest BCUT2D eigenvalue weighted by molar-refractivity contribution is 5.99. The molecule has 0 aliphatic carbocycles. The highest BCUT2D eigenvalue weighted by Crippen LogP contribution is 2.38. The lowest BCUT2D eigenvalue weighted by molar-refractivity contribution is -0.383. The van der Waals surface area contributed by atoms with Crippen LogP contribution in [0.15, 0.2) is 49.6 Å². The number of aromatic nitrogens is 1. The topological polar surface area (TPSA) is 85.3 Å². The minimum atomic E-state index is -0.497. The zero-order valence-electron chi connectivity index (χ0n) is 11.5. The summed E-state index contributed by atoms with van der Waals surface area (Å²) < 4.78 is 0. The number of nitrogens with zero attached hydrogens (tertiary/aromatic N) is 3. The minimum absolute atomic E-state index is 0.0909. The molecule has 0 aliphatic rings. The van der Waals surface area contributed by atoms with E-state index < -0.39 is 4.92 Å². The van der Waals surface area contributed by atoms with Gasteiger partial charge in [-0.3, -0.25) is 10.1 Å². The molecule has 1 heterocycles. The van der Waals surface area contributed by atoms with E-state index in [4.69, 9.17) is 5.73 Å². The molecule has 6 heteroatoms. The Morgan fingerprint density at radius 3 is 2.48 bits per heavy atom. The van der Waals surface area contributed by atoms with Gasteiger partial charge in [-0.1, -0.05) is 30.4 Å². The van der Waals surface area contributed by atoms with Crippen molar-refractivity contribution in [3.63, 3.8) is 0 Å². The van der Waals surface area contributed by atoms with Crippen molar-refractivity contribution in [1.29, 1.82) is 0 Å². The Bertz CT molecular complexity index is 702. The second kappa shape index (κ2) is 6.04. The molecule has 0 aliphatic heterocycles. The van der Waals surface area contributed by atoms with Gasteiger partial charge in [-0.25, -0.2) is 4.98 Å². The molecule has 0 fully saturated rings. The van der Waals surface area contributed by atoms with E-state index in [1.807, 2.05) is 12.1 Å². The van der Waals surface area contributed by atoms with Gasteiger partial charge in [-0.05, 0) is 6.07 Å². The molecular weight excluding hydrogens is 268 g/mol. The molecule has 108 valence electrons. The smallest absolute Gasteiger partial charge is 0.334 e. The second-order valence-electron chi connectivity index (χ2n) is 4.45. The van der Waals surface area contributed by atoms with Gasteiger partial charge in [0.25, 0.3) is 0 Å². The first-order chi connectivity index (χ1) is 10.1. The first-order valence-corrected chi connectivity index (χ1v) is 6.39. The number of nitrogen functional groups attached to an aromatic ring is 1. The lowest BCUT2D eigenvalue weighted by Crippen LogP contribution is -2.25. The lowest BCUT2D eigenvalue weighted by Gasteiger charge is -2.23. The summed E-state index contributed by atoms with van der Waals surface area (Å²) in [6.45, 7) is 8.27. The summed E-state index contributed by atoms with van der Waals surface area (Å²) in [6.07, 6.45) is 3.36. The van der Waals surface area contributed by atoms with E-state index in [0.717, 1.165) is 0 Å². The molecule has 0 saturated heterocycles. The van der Waals surface area contributed by atoms with Crippen molar-refractivity contribution in [3.8, 4) is 0 Å². The third-order valence-electron chi connectivity index (χ3n) is 3.06. The predicted molar refractivity (Wildman–Crippen MR) is 85.4 cm³/mol. The van der Waals surface area contributed by atoms with E-state index in [0.29, 0.717) is 29.7 Å². The van der Waals surface area contributed by atoms with Crippen molar-refractivity contribution in [1.82, 2.24) is 4.98 Å². The van der Waals surface area contributed by atoms with Gasteiger partial charge in [0, 0.05) is 18.5 Å². The van der Waals surface area contributed by atoms with Gasteiger partial charge in [0.15, 0.2) is 0 Å². The van der Waals surface area contributed by atoms with Crippen LogP contribution in [0, 0.1) is 10.1 Å². The summed E-state index contributed by atoms with van der Waals surface area (Å²) in [4.78, 5) is 16.8. The van der Waals surface area contributed by atoms with E-state index in [2.05, 4.69) is 18.1 Å². The molecule has 0 bridgehead atoms. The summed E-state index contributed by atoms with van der Waals surface area (Å²) in [5.41, 5.74) is 6.67. The van der Waals surface area contributed by atoms with Crippen LogP contribution in [0.5, 0.6) is 0 Å². The molecule has 0 amide bonds. The Balaban J connectivity index is 2.83. The normalized spacial score (nSPS) is 10.3. The molecule has 1 aromatic heterocycles. The van der Waals surface area contributed by atoms with Crippen LogP contribution in [-0.2, 0) is 0 Å². The maximum absolute atomic E-state index is 11.4. The molecule has 2 rings (SSSR count). The van der Waals surface area contributed by atoms with Crippen molar-refractivity contribution >= 4 is 28.1 Å². The van der Waals surface area contributed by atoms with Crippen molar-refractivity contribution in [3.05, 3.63) is 59.7 Å². The van der Waals surface area contributed by atoms with Crippen LogP contribution in [0.2, 0.25) is 0 Å². The summed E-state index contributed by atoms with van der Waals surface area (Å²) in [7, 11) is 0. The number of rotatable bonds is 6. The standard InChI is InChI=1S/C15H16N4O2/c1-3-9-18(10-4-2)13-11-7-5-6-8-12(11)17-15(16)14(13)19(20)21/h3-8H,1-2,9-10H2,(H2,16,17). The lowest BCUT2D eigenvalue weighted by atomic mass is 10.1. The van der Waals surface area contributed by atoms with Crippen LogP contribution in [0.25, 0.3) is 10.9 Å². The fourth-order valence-corrected chi connectivity index (χ4v) is 2.27. The fraction of sp³-hybridized carbons (Fsp3) is 0.133. The van der Waals surface area contributed by atoms with Crippen LogP contribution < -0.4 is 10.6 Å². The van der Waals surface area contributed by atoms with E-state index in [1.165, 1.54) is 0 Å². The highest BCUT2D eigenvalue weighted by atomic mass is 16.6. The van der Waals surface area contributed by atoms with E-state index in [-0.39, 0.29) is 11.5 Å². The van der Waals surface area contributed by atoms with Crippen LogP contribution >= 0.6 is 0 Å². The number of nitrogens with two attached hydrogens (primary N) is 1. The van der Waals surface area contributed by atoms with Gasteiger partial charge >= 0.3 is 5.69 Å². The summed E-state index contributed by atoms with van der Waals surface area (Å²) in [5.74, 6) is -0.0909. The van der Waals surface area contributed by atoms with Gasteiger partial charge in [0.2, 0.25) is 5.82 Å². The number of nitro groups is 1. The SMILES string of the molecule is C=CCN(CC=C)c1c([N+](=O)[O-])c(N)nc2ccccc12. The zero-order chi connectivity index (χ0) is 15.4. The van der Waals surface area contributed by atoms with Gasteiger partial charge in [-0.15, -0.1) is 13.2 Å². The van der Waals surface area contributed by atoms with Crippen molar-refractivity contribution < 1.29 is 4.92 Å². The van der Waals surface area contributed by atoms with E-state index >= 15 is 0 Å². The Morgan fingerprint density at radius 1 is 1.29 bits per heavy atom. The van der Waals surface area contributed by atoms with E-state index in [9.17, 15) is 10.1 Å². The van der Waals surface area contributed by atoms with Gasteiger partial charge < -0.3 is 10.6 Å². The van der Waals surface area contributed by atoms with E-state index in [1.54, 1.807) is 29.2 Å². The number of benzene rings is 1. The Kier molecular flexibility index (Phi) is 4.18. The van der Waals surface area contributed by atoms with Gasteiger partial charge in [0.1, 0.15) is 5.69 Å². The molecule has 0 spiro atoms. The molecule has 0 atom stereocenters. The molecule has 0 unspecified atom stereocenters. The van der Waals surface area contributed by atoms with Crippen LogP contribution in [0.1, 0.15) is 0 Å². The van der Waals surface area contributed by atoms with Gasteiger partial charge in [0.05, 0.1) is 10.4 Å². The fourth-order valence-electron chi connectivity index (χ4n) is 2.27. The first-order valence-electron chi connectivity index (χ1n) is 6.39. The predicted octanol–water partition coefficient (Wildman–Crippen LogP) is 2.90. The Hall–Kier alpha value is -2.89. The quantitative estimate of drug-likeness (QED) is 0.501. The average Bonchev–Trinajstić information content (AvgIpc) is 2.45. The molecule has 2 aromatic rings. The maximum Gasteiger partial charge on any atom is 0.334 e. The number of hydrogen-bond acceptors (Lipinski definition) is 5. The Morgan fingerprint density at radius 2 is 1.90 bits per heavy atom. The molecular formula is C15H16N4O2. The summed E-state index contributed by atoms with van der Waals surface area (Å²) in [5, 5.41) is 12.1. The number of pyridine rings is 1. The number of para-hydroxylation sites is 1. The number of anilines is 2. The monoisotopic (exact) mass is 284 g/mol. The second-order valence-corrected chi connectivity index (χ2v) is 4.45. The molecule has 1 aromatic carbocycles. The summed E-state index contributed by atoms with van der Waals surface area (Å²) in [6, 6.07) is 7.20. The average molecular weight is 284 g/mol. The third kappa shape index (κ3) is 2.69. The molecule has 21 heavy (non-hydrogen) atoms. The minimum Gasteiger partial charge on any atom is -0.378 e. The van der Waals surface area contributed by atoms with Crippen molar-refractivity contribution in [2.45, 2.75) is 0 Å². The van der Waals surface area contributed by atoms with Crippen molar-refractivity contribution in [2.75, 3.05) is 23.7 Å². The van der Waals surface area contributed by atoms with Crippen molar-refractivity contribution in [2.24, 2.45) is 0 Å². The first kappa shape index (κ1) is 14.5. The van der Waals surface area contributed by atoms with Crippen LogP contribution in [0.3, 0.4) is 0 Å². The third-order valence-corrected chi connectivity index (χ3v) is 3.06. The highest BCUT2D eigenvalue weighted by Gasteiger charge is 2.26. The zero-order valence-corrected chi connectivity index (χ0v) is 11.5. The maximum atomic E-state index is 11.4. The molecule has 0 saturated carbocycles. The Labute approximate surface area is 122 Å². The number of fused-ring (bicyclic) bond motifs is 1. The summed E-state index contributed by atoms with van der Waals surface area (Å²) >= 11 is 0. The largest absolute Gasteiger partial charge is 0.378 e.